The monoisotopic (exact) mass is 1050 g/mol. The Morgan fingerprint density at radius 3 is 2.18 bits per heavy atom. The first-order valence-electron chi connectivity index (χ1n) is 24.3. The SMILES string of the molecule is Cc1ncsc1-c1ccc(CNC(=O)[C@@H]2C[C@@H](O)CN2C(=O)[C@@H](NC(=O)CCOCCCCCOc2ccc(-c3ccc(N4C(=S)N(c5ccc(C#N)c(C(F)(F)F)c5)C(=O)C4(C)C)cc3)cc2)C(C)(C)C)cc1. The third kappa shape index (κ3) is 12.8. The molecule has 0 aliphatic carbocycles. The van der Waals surface area contributed by atoms with Gasteiger partial charge in [-0.1, -0.05) is 69.3 Å². The third-order valence-electron chi connectivity index (χ3n) is 13.1. The summed E-state index contributed by atoms with van der Waals surface area (Å²) in [6.07, 6.45) is -3.18. The molecule has 1 aromatic heterocycles. The molecule has 3 atom stereocenters. The Kier molecular flexibility index (Phi) is 17.3. The number of hydrogen-bond acceptors (Lipinski definition) is 11. The summed E-state index contributed by atoms with van der Waals surface area (Å²) in [6.45, 7) is 12.1. The van der Waals surface area contributed by atoms with Gasteiger partial charge < -0.3 is 35.0 Å². The van der Waals surface area contributed by atoms with Crippen molar-refractivity contribution in [3.8, 4) is 33.4 Å². The van der Waals surface area contributed by atoms with Crippen molar-refractivity contribution >= 4 is 63.7 Å². The van der Waals surface area contributed by atoms with Crippen LogP contribution < -0.4 is 25.2 Å². The fraction of sp³-hybridized carbons (Fsp3) is 0.400. The van der Waals surface area contributed by atoms with Crippen molar-refractivity contribution in [3.63, 3.8) is 0 Å². The number of aliphatic hydroxyl groups is 1. The molecule has 3 heterocycles. The highest BCUT2D eigenvalue weighted by Crippen LogP contribution is 2.40. The van der Waals surface area contributed by atoms with Crippen molar-refractivity contribution in [3.05, 3.63) is 119 Å². The van der Waals surface area contributed by atoms with Gasteiger partial charge in [-0.05, 0) is 122 Å². The molecular formula is C55H60F3N7O7S2. The van der Waals surface area contributed by atoms with Crippen LogP contribution in [0.2, 0.25) is 0 Å². The molecule has 0 spiro atoms. The Morgan fingerprint density at radius 2 is 1.55 bits per heavy atom. The first-order valence-corrected chi connectivity index (χ1v) is 25.6. The first-order chi connectivity index (χ1) is 35.1. The number of aromatic nitrogens is 1. The zero-order chi connectivity index (χ0) is 53.5. The molecule has 2 aliphatic heterocycles. The van der Waals surface area contributed by atoms with E-state index in [1.54, 1.807) is 53.8 Å². The molecule has 0 radical (unpaired) electrons. The second-order valence-electron chi connectivity index (χ2n) is 19.9. The fourth-order valence-corrected chi connectivity index (χ4v) is 10.3. The summed E-state index contributed by atoms with van der Waals surface area (Å²) >= 11 is 7.24. The number of nitriles is 1. The Hall–Kier alpha value is -6.72. The molecule has 19 heteroatoms. The molecule has 4 amide bonds. The van der Waals surface area contributed by atoms with Crippen molar-refractivity contribution in [2.45, 2.75) is 110 Å². The molecule has 0 saturated carbocycles. The number of amides is 4. The lowest BCUT2D eigenvalue weighted by Crippen LogP contribution is -2.57. The number of nitrogens with one attached hydrogen (secondary N) is 2. The number of alkyl halides is 3. The van der Waals surface area contributed by atoms with Crippen LogP contribution in [0.15, 0.2) is 96.5 Å². The van der Waals surface area contributed by atoms with Crippen LogP contribution in [0.1, 0.15) is 89.1 Å². The van der Waals surface area contributed by atoms with Gasteiger partial charge in [-0.2, -0.15) is 18.4 Å². The minimum atomic E-state index is -4.80. The number of aryl methyl sites for hydroxylation is 1. The van der Waals surface area contributed by atoms with Gasteiger partial charge in [0.1, 0.15) is 23.4 Å². The first kappa shape index (κ1) is 55.0. The van der Waals surface area contributed by atoms with Crippen LogP contribution in [-0.4, -0.2) is 93.8 Å². The Morgan fingerprint density at radius 1 is 0.919 bits per heavy atom. The summed E-state index contributed by atoms with van der Waals surface area (Å²) in [7, 11) is 0. The molecule has 4 aromatic carbocycles. The number of halogens is 3. The average Bonchev–Trinajstić information content (AvgIpc) is 4.03. The third-order valence-corrected chi connectivity index (χ3v) is 14.4. The van der Waals surface area contributed by atoms with Gasteiger partial charge in [0.25, 0.3) is 5.91 Å². The topological polar surface area (TPSA) is 177 Å². The van der Waals surface area contributed by atoms with Crippen LogP contribution in [0, 0.1) is 23.7 Å². The van der Waals surface area contributed by atoms with Crippen LogP contribution in [0.4, 0.5) is 24.5 Å². The number of nitrogens with zero attached hydrogens (tertiary/aromatic N) is 5. The number of hydrogen-bond donors (Lipinski definition) is 3. The summed E-state index contributed by atoms with van der Waals surface area (Å²) in [4.78, 5) is 63.6. The second-order valence-corrected chi connectivity index (χ2v) is 21.2. The fourth-order valence-electron chi connectivity index (χ4n) is 8.96. The Labute approximate surface area is 438 Å². The number of β-amino-alcohol motifs (C(OH)–C–C–N with tert-alkyl or cyclic N) is 1. The van der Waals surface area contributed by atoms with Crippen LogP contribution in [0.25, 0.3) is 21.6 Å². The summed E-state index contributed by atoms with van der Waals surface area (Å²) in [5.74, 6) is -0.974. The van der Waals surface area contributed by atoms with E-state index < -0.39 is 58.3 Å². The van der Waals surface area contributed by atoms with Gasteiger partial charge in [-0.3, -0.25) is 24.1 Å². The number of thiazole rings is 1. The number of carbonyl (C=O) groups is 4. The predicted molar refractivity (Wildman–Crippen MR) is 281 cm³/mol. The molecule has 2 fully saturated rings. The summed E-state index contributed by atoms with van der Waals surface area (Å²) < 4.78 is 53.0. The number of benzene rings is 4. The lowest BCUT2D eigenvalue weighted by Gasteiger charge is -2.35. The minimum Gasteiger partial charge on any atom is -0.494 e. The van der Waals surface area contributed by atoms with Gasteiger partial charge in [0.2, 0.25) is 17.7 Å². The Bertz CT molecular complexity index is 2880. The Balaban J connectivity index is 0.807. The molecule has 74 heavy (non-hydrogen) atoms. The molecule has 3 N–H and O–H groups in total. The molecule has 0 unspecified atom stereocenters. The smallest absolute Gasteiger partial charge is 0.417 e. The summed E-state index contributed by atoms with van der Waals surface area (Å²) in [5.41, 5.74) is 3.37. The maximum atomic E-state index is 14.0. The molecule has 14 nitrogen and oxygen atoms in total. The van der Waals surface area contributed by atoms with Crippen molar-refractivity contribution in [2.24, 2.45) is 5.41 Å². The van der Waals surface area contributed by atoms with Gasteiger partial charge in [-0.15, -0.1) is 11.3 Å². The van der Waals surface area contributed by atoms with E-state index in [1.165, 1.54) is 11.0 Å². The molecule has 5 aromatic rings. The number of unbranched alkanes of at least 4 members (excludes halogenated alkanes) is 2. The number of likely N-dealkylation sites (tertiary alicyclic amines) is 1. The second kappa shape index (κ2) is 23.2. The zero-order valence-corrected chi connectivity index (χ0v) is 43.8. The number of anilines is 2. The molecular weight excluding hydrogens is 992 g/mol. The maximum Gasteiger partial charge on any atom is 0.417 e. The molecule has 2 saturated heterocycles. The van der Waals surface area contributed by atoms with E-state index in [0.29, 0.717) is 24.7 Å². The number of carbonyl (C=O) groups excluding carboxylic acids is 4. The van der Waals surface area contributed by atoms with Crippen LogP contribution in [0.3, 0.4) is 0 Å². The molecule has 0 bridgehead atoms. The van der Waals surface area contributed by atoms with Gasteiger partial charge in [0, 0.05) is 38.2 Å². The zero-order valence-electron chi connectivity index (χ0n) is 42.1. The lowest BCUT2D eigenvalue weighted by molar-refractivity contribution is -0.144. The van der Waals surface area contributed by atoms with E-state index in [4.69, 9.17) is 21.7 Å². The van der Waals surface area contributed by atoms with Crippen molar-refractivity contribution in [1.29, 1.82) is 5.26 Å². The number of ether oxygens (including phenoxy) is 2. The highest BCUT2D eigenvalue weighted by atomic mass is 32.1. The van der Waals surface area contributed by atoms with Crippen LogP contribution in [-0.2, 0) is 36.6 Å². The van der Waals surface area contributed by atoms with E-state index in [1.807, 2.05) is 88.4 Å². The average molecular weight is 1050 g/mol. The summed E-state index contributed by atoms with van der Waals surface area (Å²) in [5, 5.41) is 25.6. The van der Waals surface area contributed by atoms with Crippen LogP contribution >= 0.6 is 23.6 Å². The lowest BCUT2D eigenvalue weighted by atomic mass is 9.85. The van der Waals surface area contributed by atoms with E-state index in [2.05, 4.69) is 15.6 Å². The van der Waals surface area contributed by atoms with Crippen molar-refractivity contribution < 1.29 is 46.9 Å². The summed E-state index contributed by atoms with van der Waals surface area (Å²) in [6, 6.07) is 25.6. The number of thiocarbonyl (C=S) groups is 1. The van der Waals surface area contributed by atoms with Gasteiger partial charge in [0.05, 0.1) is 58.3 Å². The van der Waals surface area contributed by atoms with E-state index >= 15 is 0 Å². The van der Waals surface area contributed by atoms with Crippen molar-refractivity contribution in [1.82, 2.24) is 20.5 Å². The number of aliphatic hydroxyl groups excluding tert-OH is 1. The van der Waals surface area contributed by atoms with Gasteiger partial charge in [0.15, 0.2) is 5.11 Å². The van der Waals surface area contributed by atoms with Gasteiger partial charge >= 0.3 is 6.18 Å². The maximum absolute atomic E-state index is 14.0. The van der Waals surface area contributed by atoms with E-state index in [0.717, 1.165) is 69.1 Å². The highest BCUT2D eigenvalue weighted by molar-refractivity contribution is 7.81. The molecule has 7 rings (SSSR count). The quantitative estimate of drug-likeness (QED) is 0.0531. The van der Waals surface area contributed by atoms with Crippen LogP contribution in [0.5, 0.6) is 5.75 Å². The highest BCUT2D eigenvalue weighted by Gasteiger charge is 2.51. The minimum absolute atomic E-state index is 0.0123. The van der Waals surface area contributed by atoms with Crippen molar-refractivity contribution in [2.75, 3.05) is 36.2 Å². The van der Waals surface area contributed by atoms with E-state index in [-0.39, 0.29) is 55.2 Å². The molecule has 390 valence electrons. The van der Waals surface area contributed by atoms with Gasteiger partial charge in [-0.25, -0.2) is 4.98 Å². The predicted octanol–water partition coefficient (Wildman–Crippen LogP) is 9.36. The van der Waals surface area contributed by atoms with E-state index in [9.17, 15) is 42.7 Å². The normalized spacial score (nSPS) is 17.1. The molecule has 2 aliphatic rings. The number of rotatable bonds is 19. The standard InChI is InChI=1S/C55H60F3N7O7S2/c1-34-47(74-33-61-34)38-12-10-35(11-13-38)31-60-49(68)45-29-42(66)32-63(45)50(69)48(53(2,3)4)62-46(67)24-27-71-25-8-7-9-26-72-43-22-17-37(18-23-43)36-14-19-40(20-15-36)65-52(73)64(51(70)54(65,5)6)41-21-16-39(30-59)44(28-41)55(56,57)58/h10-23,28,33,42,45,48,66H,7-9,24-27,29,31-32H2,1-6H3,(H,60,68)(H,62,67)/t42-,45+,48-/m1/s1. The largest absolute Gasteiger partial charge is 0.494 e.